The van der Waals surface area contributed by atoms with Gasteiger partial charge in [0.2, 0.25) is 5.82 Å². The molecule has 0 aliphatic carbocycles. The van der Waals surface area contributed by atoms with Crippen molar-refractivity contribution < 1.29 is 0 Å². The zero-order valence-corrected chi connectivity index (χ0v) is 6.80. The highest BCUT2D eigenvalue weighted by Crippen LogP contribution is 2.49. The van der Waals surface area contributed by atoms with Crippen molar-refractivity contribution in [3.05, 3.63) is 18.2 Å². The van der Waals surface area contributed by atoms with Gasteiger partial charge in [-0.05, 0) is 17.3 Å². The van der Waals surface area contributed by atoms with Gasteiger partial charge in [0.1, 0.15) is 0 Å². The summed E-state index contributed by atoms with van der Waals surface area (Å²) in [5.74, 6) is 0.694. The molecule has 12 heavy (non-hydrogen) atoms. The summed E-state index contributed by atoms with van der Waals surface area (Å²) in [4.78, 5) is 2.46. The first-order valence-corrected chi connectivity index (χ1v) is 4.31. The molecule has 0 radical (unpaired) electrons. The van der Waals surface area contributed by atoms with Crippen LogP contribution in [0.15, 0.2) is 28.0 Å². The van der Waals surface area contributed by atoms with Gasteiger partial charge in [0.25, 0.3) is 0 Å². The predicted octanol–water partition coefficient (Wildman–Crippen LogP) is 1.33. The molecule has 2 aliphatic heterocycles. The maximum atomic E-state index is 3.93. The van der Waals surface area contributed by atoms with Gasteiger partial charge in [-0.3, -0.25) is 0 Å². The van der Waals surface area contributed by atoms with E-state index in [1.54, 1.807) is 11.8 Å². The van der Waals surface area contributed by atoms with Gasteiger partial charge in [-0.15, -0.1) is 10.2 Å². The Morgan fingerprint density at radius 2 is 2.08 bits per heavy atom. The number of aromatic nitrogens is 4. The van der Waals surface area contributed by atoms with E-state index in [1.165, 1.54) is 9.79 Å². The normalized spacial score (nSPS) is 12.7. The van der Waals surface area contributed by atoms with Crippen LogP contribution in [0.4, 0.5) is 0 Å². The molecule has 3 heterocycles. The number of fused-ring (bicyclic) bond motifs is 2. The first kappa shape index (κ1) is 6.19. The van der Waals surface area contributed by atoms with E-state index in [1.807, 2.05) is 6.07 Å². The number of nitrogens with one attached hydrogen (secondary N) is 1. The van der Waals surface area contributed by atoms with E-state index < -0.39 is 0 Å². The fourth-order valence-electron chi connectivity index (χ4n) is 1.24. The number of aromatic amines is 1. The third-order valence-electron chi connectivity index (χ3n) is 1.78. The van der Waals surface area contributed by atoms with Crippen LogP contribution in [0, 0.1) is 0 Å². The van der Waals surface area contributed by atoms with Gasteiger partial charge < -0.3 is 0 Å². The fourth-order valence-corrected chi connectivity index (χ4v) is 2.22. The van der Waals surface area contributed by atoms with E-state index in [2.05, 4.69) is 32.8 Å². The lowest BCUT2D eigenvalue weighted by Gasteiger charge is -2.18. The van der Waals surface area contributed by atoms with E-state index in [9.17, 15) is 0 Å². The Balaban J connectivity index is 2.24. The summed E-state index contributed by atoms with van der Waals surface area (Å²) in [6.07, 6.45) is 0. The number of nitrogens with zero attached hydrogens (tertiary/aromatic N) is 3. The molecule has 0 amide bonds. The van der Waals surface area contributed by atoms with Crippen molar-refractivity contribution in [2.75, 3.05) is 0 Å². The molecular formula is C7H4N4S. The van der Waals surface area contributed by atoms with Crippen LogP contribution >= 0.6 is 11.8 Å². The van der Waals surface area contributed by atoms with Crippen LogP contribution in [0.5, 0.6) is 0 Å². The molecule has 1 aromatic heterocycles. The minimum atomic E-state index is 0.694. The summed E-state index contributed by atoms with van der Waals surface area (Å²) in [5, 5.41) is 13.8. The van der Waals surface area contributed by atoms with Crippen LogP contribution in [-0.2, 0) is 0 Å². The van der Waals surface area contributed by atoms with Gasteiger partial charge in [-0.2, -0.15) is 5.21 Å². The molecule has 2 aliphatic rings. The number of hydrogen-bond acceptors (Lipinski definition) is 4. The highest BCUT2D eigenvalue weighted by Gasteiger charge is 2.23. The summed E-state index contributed by atoms with van der Waals surface area (Å²) in [6.45, 7) is 0. The lowest BCUT2D eigenvalue weighted by molar-refractivity contribution is 0.881. The maximum Gasteiger partial charge on any atom is 0.206 e. The maximum absolute atomic E-state index is 3.93. The first-order valence-electron chi connectivity index (χ1n) is 3.50. The van der Waals surface area contributed by atoms with E-state index in [0.717, 1.165) is 5.56 Å². The minimum absolute atomic E-state index is 0.694. The van der Waals surface area contributed by atoms with Gasteiger partial charge >= 0.3 is 0 Å². The number of rotatable bonds is 1. The summed E-state index contributed by atoms with van der Waals surface area (Å²) in [6, 6.07) is 6.15. The first-order chi connectivity index (χ1) is 5.95. The van der Waals surface area contributed by atoms with E-state index in [4.69, 9.17) is 0 Å². The highest BCUT2D eigenvalue weighted by molar-refractivity contribution is 8.01. The van der Waals surface area contributed by atoms with Crippen LogP contribution in [0.3, 0.4) is 0 Å². The number of H-pyrrole nitrogens is 1. The minimum Gasteiger partial charge on any atom is -0.177 e. The second-order valence-corrected chi connectivity index (χ2v) is 3.55. The van der Waals surface area contributed by atoms with Gasteiger partial charge in [0.15, 0.2) is 0 Å². The van der Waals surface area contributed by atoms with Crippen molar-refractivity contribution in [1.82, 2.24) is 20.6 Å². The number of tetrazole rings is 1. The molecule has 0 unspecified atom stereocenters. The zero-order valence-electron chi connectivity index (χ0n) is 5.98. The van der Waals surface area contributed by atoms with E-state index in [0.29, 0.717) is 5.82 Å². The van der Waals surface area contributed by atoms with Gasteiger partial charge in [-0.1, -0.05) is 17.8 Å². The zero-order chi connectivity index (χ0) is 7.97. The fraction of sp³-hybridized carbons (Fsp3) is 0. The van der Waals surface area contributed by atoms with Crippen molar-refractivity contribution in [3.63, 3.8) is 0 Å². The largest absolute Gasteiger partial charge is 0.206 e. The van der Waals surface area contributed by atoms with Crippen molar-refractivity contribution >= 4 is 11.8 Å². The second-order valence-electron chi connectivity index (χ2n) is 2.47. The lowest BCUT2D eigenvalue weighted by Crippen LogP contribution is -1.96. The Morgan fingerprint density at radius 3 is 2.67 bits per heavy atom. The summed E-state index contributed by atoms with van der Waals surface area (Å²) in [5.41, 5.74) is 1.12. The predicted molar refractivity (Wildman–Crippen MR) is 43.7 cm³/mol. The molecule has 1 N–H and O–H groups in total. The van der Waals surface area contributed by atoms with Crippen molar-refractivity contribution in [3.8, 4) is 11.4 Å². The van der Waals surface area contributed by atoms with E-state index in [-0.39, 0.29) is 0 Å². The molecule has 4 nitrogen and oxygen atoms in total. The topological polar surface area (TPSA) is 54.5 Å². The quantitative estimate of drug-likeness (QED) is 0.607. The molecule has 2 bridgehead atoms. The van der Waals surface area contributed by atoms with Crippen molar-refractivity contribution in [1.29, 1.82) is 0 Å². The number of hydrogen-bond donors (Lipinski definition) is 1. The molecule has 1 aromatic carbocycles. The monoisotopic (exact) mass is 176 g/mol. The van der Waals surface area contributed by atoms with Crippen LogP contribution in [0.1, 0.15) is 0 Å². The highest BCUT2D eigenvalue weighted by atomic mass is 32.2. The van der Waals surface area contributed by atoms with Gasteiger partial charge in [-0.25, -0.2) is 0 Å². The van der Waals surface area contributed by atoms with Crippen LogP contribution in [0.25, 0.3) is 11.4 Å². The van der Waals surface area contributed by atoms with Crippen molar-refractivity contribution in [2.45, 2.75) is 9.79 Å². The molecule has 0 fully saturated rings. The molecular weight excluding hydrogens is 172 g/mol. The molecule has 58 valence electrons. The van der Waals surface area contributed by atoms with Crippen LogP contribution in [0.2, 0.25) is 0 Å². The average Bonchev–Trinajstić information content (AvgIpc) is 2.58. The van der Waals surface area contributed by atoms with E-state index >= 15 is 0 Å². The Morgan fingerprint density at radius 1 is 1.25 bits per heavy atom. The third-order valence-corrected chi connectivity index (χ3v) is 2.90. The molecule has 5 heteroatoms. The number of benzene rings is 1. The molecule has 2 aromatic rings. The molecule has 0 atom stereocenters. The summed E-state index contributed by atoms with van der Waals surface area (Å²) in [7, 11) is 0. The Labute approximate surface area is 72.4 Å². The second kappa shape index (κ2) is 2.07. The SMILES string of the molecule is c1cc2c(-c3nn[nH]n3)c(c1)S2. The third kappa shape index (κ3) is 0.660. The smallest absolute Gasteiger partial charge is 0.177 e. The molecule has 0 saturated carbocycles. The Kier molecular flexibility index (Phi) is 1.07. The van der Waals surface area contributed by atoms with Gasteiger partial charge in [0, 0.05) is 9.79 Å². The van der Waals surface area contributed by atoms with Crippen LogP contribution in [-0.4, -0.2) is 20.6 Å². The molecule has 0 saturated heterocycles. The average molecular weight is 176 g/mol. The molecule has 0 spiro atoms. The molecule has 4 rings (SSSR count). The summed E-state index contributed by atoms with van der Waals surface area (Å²) >= 11 is 1.75. The Hall–Kier alpha value is -1.36. The van der Waals surface area contributed by atoms with Gasteiger partial charge in [0.05, 0.1) is 5.56 Å². The van der Waals surface area contributed by atoms with Crippen LogP contribution < -0.4 is 0 Å². The van der Waals surface area contributed by atoms with Crippen molar-refractivity contribution in [2.24, 2.45) is 0 Å². The standard InChI is InChI=1S/C7H4N4S/c1-2-4-6(5(3-1)12-4)7-8-10-11-9-7/h1-3H,(H,8,9,10,11). The Bertz CT molecular complexity index is 403. The summed E-state index contributed by atoms with van der Waals surface area (Å²) < 4.78 is 0. The lowest BCUT2D eigenvalue weighted by atomic mass is 10.2.